The Labute approximate surface area is 211 Å². The summed E-state index contributed by atoms with van der Waals surface area (Å²) in [4.78, 5) is 32.0. The molecule has 34 heavy (non-hydrogen) atoms. The first kappa shape index (κ1) is 22.9. The van der Waals surface area contributed by atoms with Crippen molar-refractivity contribution in [2.45, 2.75) is 13.0 Å². The number of thiazole rings is 1. The van der Waals surface area contributed by atoms with E-state index in [1.54, 1.807) is 47.9 Å². The van der Waals surface area contributed by atoms with Gasteiger partial charge in [-0.25, -0.2) is 9.79 Å². The molecule has 0 bridgehead atoms. The molecule has 0 fully saturated rings. The number of aromatic nitrogens is 1. The number of esters is 1. The Morgan fingerprint density at radius 2 is 2.06 bits per heavy atom. The van der Waals surface area contributed by atoms with Crippen molar-refractivity contribution in [3.05, 3.63) is 99.5 Å². The van der Waals surface area contributed by atoms with Gasteiger partial charge in [0.25, 0.3) is 5.56 Å². The Hall–Kier alpha value is -2.91. The van der Waals surface area contributed by atoms with Gasteiger partial charge in [0.2, 0.25) is 0 Å². The SMILES string of the molecule is COC(=O)C1=C(C)N=c2sc(=Cc3ccc(-c4ccc(Cl)cc4Cl)o3)c(=O)n2C1c1cccs1. The van der Waals surface area contributed by atoms with Crippen LogP contribution in [0.2, 0.25) is 10.0 Å². The average molecular weight is 531 g/mol. The van der Waals surface area contributed by atoms with Crippen LogP contribution in [0.4, 0.5) is 0 Å². The fourth-order valence-corrected chi connectivity index (χ4v) is 6.15. The average Bonchev–Trinajstić information content (AvgIpc) is 3.55. The van der Waals surface area contributed by atoms with Gasteiger partial charge in [0.05, 0.1) is 27.9 Å². The minimum absolute atomic E-state index is 0.265. The minimum Gasteiger partial charge on any atom is -0.466 e. The summed E-state index contributed by atoms with van der Waals surface area (Å²) in [5.74, 6) is 0.535. The number of halogens is 2. The number of furan rings is 1. The van der Waals surface area contributed by atoms with E-state index in [9.17, 15) is 9.59 Å². The lowest BCUT2D eigenvalue weighted by atomic mass is 10.0. The van der Waals surface area contributed by atoms with Crippen molar-refractivity contribution in [1.29, 1.82) is 0 Å². The van der Waals surface area contributed by atoms with Gasteiger partial charge in [0.15, 0.2) is 4.80 Å². The first-order valence-corrected chi connectivity index (χ1v) is 12.5. The highest BCUT2D eigenvalue weighted by Crippen LogP contribution is 2.33. The summed E-state index contributed by atoms with van der Waals surface area (Å²) in [5.41, 5.74) is 1.30. The zero-order valence-corrected chi connectivity index (χ0v) is 21.0. The predicted octanol–water partition coefficient (Wildman–Crippen LogP) is 5.04. The summed E-state index contributed by atoms with van der Waals surface area (Å²) in [6, 6.07) is 11.9. The normalized spacial score (nSPS) is 15.9. The Bertz CT molecular complexity index is 1630. The van der Waals surface area contributed by atoms with Crippen molar-refractivity contribution >= 4 is 57.9 Å². The van der Waals surface area contributed by atoms with E-state index >= 15 is 0 Å². The van der Waals surface area contributed by atoms with Gasteiger partial charge in [0.1, 0.15) is 17.6 Å². The second-order valence-electron chi connectivity index (χ2n) is 7.41. The van der Waals surface area contributed by atoms with Crippen LogP contribution in [-0.4, -0.2) is 17.6 Å². The van der Waals surface area contributed by atoms with Gasteiger partial charge in [-0.05, 0) is 48.7 Å². The molecule has 0 spiro atoms. The molecular formula is C24H16Cl2N2O4S2. The third kappa shape index (κ3) is 3.96. The maximum absolute atomic E-state index is 13.5. The van der Waals surface area contributed by atoms with Crippen LogP contribution in [0.1, 0.15) is 23.6 Å². The smallest absolute Gasteiger partial charge is 0.338 e. The van der Waals surface area contributed by atoms with Crippen LogP contribution < -0.4 is 14.9 Å². The van der Waals surface area contributed by atoms with Crippen molar-refractivity contribution in [1.82, 2.24) is 4.57 Å². The van der Waals surface area contributed by atoms with Crippen LogP contribution in [0.5, 0.6) is 0 Å². The number of carbonyl (C=O) groups is 1. The van der Waals surface area contributed by atoms with Gasteiger partial charge in [-0.1, -0.05) is 40.6 Å². The lowest BCUT2D eigenvalue weighted by Crippen LogP contribution is -2.39. The van der Waals surface area contributed by atoms with Gasteiger partial charge in [0, 0.05) is 21.5 Å². The molecule has 1 atom stereocenters. The zero-order valence-electron chi connectivity index (χ0n) is 17.9. The Kier molecular flexibility index (Phi) is 6.07. The number of nitrogens with zero attached hydrogens (tertiary/aromatic N) is 2. The van der Waals surface area contributed by atoms with E-state index in [0.29, 0.717) is 47.7 Å². The van der Waals surface area contributed by atoms with Crippen molar-refractivity contribution in [2.75, 3.05) is 7.11 Å². The number of benzene rings is 1. The number of hydrogen-bond acceptors (Lipinski definition) is 7. The molecule has 0 saturated heterocycles. The van der Waals surface area contributed by atoms with Crippen LogP contribution in [-0.2, 0) is 9.53 Å². The second kappa shape index (κ2) is 9.03. The van der Waals surface area contributed by atoms with Gasteiger partial charge < -0.3 is 9.15 Å². The summed E-state index contributed by atoms with van der Waals surface area (Å²) >= 11 is 15.0. The third-order valence-electron chi connectivity index (χ3n) is 5.34. The fourth-order valence-electron chi connectivity index (χ4n) is 3.80. The molecule has 1 aromatic carbocycles. The molecule has 10 heteroatoms. The van der Waals surface area contributed by atoms with Gasteiger partial charge in [-0.2, -0.15) is 0 Å². The third-order valence-corrected chi connectivity index (χ3v) is 7.79. The van der Waals surface area contributed by atoms with Crippen molar-refractivity contribution < 1.29 is 13.9 Å². The summed E-state index contributed by atoms with van der Waals surface area (Å²) in [5, 5.41) is 2.90. The molecule has 4 heterocycles. The van der Waals surface area contributed by atoms with Gasteiger partial charge >= 0.3 is 5.97 Å². The van der Waals surface area contributed by atoms with Crippen LogP contribution >= 0.6 is 45.9 Å². The molecule has 0 N–H and O–H groups in total. The summed E-state index contributed by atoms with van der Waals surface area (Å²) in [6.45, 7) is 1.75. The predicted molar refractivity (Wildman–Crippen MR) is 134 cm³/mol. The molecule has 6 nitrogen and oxygen atoms in total. The van der Waals surface area contributed by atoms with Crippen molar-refractivity contribution in [2.24, 2.45) is 4.99 Å². The van der Waals surface area contributed by atoms with Crippen molar-refractivity contribution in [3.63, 3.8) is 0 Å². The lowest BCUT2D eigenvalue weighted by molar-refractivity contribution is -0.136. The number of allylic oxidation sites excluding steroid dienone is 1. The summed E-state index contributed by atoms with van der Waals surface area (Å²) in [7, 11) is 1.32. The minimum atomic E-state index is -0.606. The van der Waals surface area contributed by atoms with Crippen LogP contribution in [0, 0.1) is 0 Å². The van der Waals surface area contributed by atoms with Gasteiger partial charge in [-0.15, -0.1) is 11.3 Å². The molecule has 3 aromatic heterocycles. The maximum Gasteiger partial charge on any atom is 0.338 e. The maximum atomic E-state index is 13.5. The number of carbonyl (C=O) groups excluding carboxylic acids is 1. The lowest BCUT2D eigenvalue weighted by Gasteiger charge is -2.22. The number of methoxy groups -OCH3 is 1. The number of rotatable bonds is 4. The second-order valence-corrected chi connectivity index (χ2v) is 10.2. The van der Waals surface area contributed by atoms with E-state index in [0.717, 1.165) is 4.88 Å². The number of hydrogen-bond donors (Lipinski definition) is 0. The first-order valence-electron chi connectivity index (χ1n) is 10.1. The largest absolute Gasteiger partial charge is 0.466 e. The highest BCUT2D eigenvalue weighted by Gasteiger charge is 2.33. The Morgan fingerprint density at radius 1 is 1.24 bits per heavy atom. The molecule has 0 radical (unpaired) electrons. The molecule has 4 aromatic rings. The summed E-state index contributed by atoms with van der Waals surface area (Å²) in [6.07, 6.45) is 1.67. The number of fused-ring (bicyclic) bond motifs is 1. The number of thiophene rings is 1. The molecule has 0 amide bonds. The van der Waals surface area contributed by atoms with Crippen LogP contribution in [0.25, 0.3) is 17.4 Å². The van der Waals surface area contributed by atoms with E-state index in [1.165, 1.54) is 29.8 Å². The summed E-state index contributed by atoms with van der Waals surface area (Å²) < 4.78 is 12.9. The zero-order chi connectivity index (χ0) is 24.0. The quantitative estimate of drug-likeness (QED) is 0.346. The van der Waals surface area contributed by atoms with E-state index in [4.69, 9.17) is 32.4 Å². The molecule has 1 aliphatic rings. The van der Waals surface area contributed by atoms with E-state index < -0.39 is 12.0 Å². The molecule has 0 saturated carbocycles. The molecule has 1 unspecified atom stereocenters. The Balaban J connectivity index is 1.63. The van der Waals surface area contributed by atoms with E-state index in [1.807, 2.05) is 17.5 Å². The highest BCUT2D eigenvalue weighted by molar-refractivity contribution is 7.10. The Morgan fingerprint density at radius 3 is 2.76 bits per heavy atom. The van der Waals surface area contributed by atoms with Gasteiger partial charge in [-0.3, -0.25) is 9.36 Å². The molecule has 5 rings (SSSR count). The van der Waals surface area contributed by atoms with Crippen LogP contribution in [0.3, 0.4) is 0 Å². The van der Waals surface area contributed by atoms with E-state index in [-0.39, 0.29) is 5.56 Å². The standard InChI is InChI=1S/C24H16Cl2N2O4S2/c1-12-20(23(30)31-2)21(18-4-3-9-33-18)28-22(29)19(34-24(28)27-12)11-14-6-8-17(32-14)15-7-5-13(25)10-16(15)26/h3-11,21H,1-2H3. The fraction of sp³-hybridized carbons (Fsp3) is 0.125. The number of ether oxygens (including phenoxy) is 1. The molecular weight excluding hydrogens is 515 g/mol. The monoisotopic (exact) mass is 530 g/mol. The molecule has 0 aliphatic carbocycles. The molecule has 1 aliphatic heterocycles. The van der Waals surface area contributed by atoms with E-state index in [2.05, 4.69) is 4.99 Å². The first-order chi connectivity index (χ1) is 16.4. The van der Waals surface area contributed by atoms with Crippen LogP contribution in [0.15, 0.2) is 73.3 Å². The molecule has 172 valence electrons. The highest BCUT2D eigenvalue weighted by atomic mass is 35.5. The van der Waals surface area contributed by atoms with Crippen molar-refractivity contribution in [3.8, 4) is 11.3 Å². The topological polar surface area (TPSA) is 73.8 Å².